The van der Waals surface area contributed by atoms with Crippen molar-refractivity contribution in [2.45, 2.75) is 46.6 Å². The lowest BCUT2D eigenvalue weighted by atomic mass is 9.94. The third kappa shape index (κ3) is 6.21. The van der Waals surface area contributed by atoms with Crippen molar-refractivity contribution in [3.05, 3.63) is 29.8 Å². The Bertz CT molecular complexity index is 627. The van der Waals surface area contributed by atoms with Crippen LogP contribution < -0.4 is 10.2 Å². The molecule has 0 aliphatic carbocycles. The first kappa shape index (κ1) is 21.1. The smallest absolute Gasteiger partial charge is 0.311 e. The van der Waals surface area contributed by atoms with Crippen LogP contribution in [0.2, 0.25) is 0 Å². The summed E-state index contributed by atoms with van der Waals surface area (Å²) < 4.78 is 5.47. The van der Waals surface area contributed by atoms with E-state index in [9.17, 15) is 4.79 Å². The molecular formula is C23H37N3O2. The fourth-order valence-corrected chi connectivity index (χ4v) is 3.97. The van der Waals surface area contributed by atoms with Crippen LogP contribution in [0.5, 0.6) is 0 Å². The summed E-state index contributed by atoms with van der Waals surface area (Å²) in [5.41, 5.74) is 1.84. The second kappa shape index (κ2) is 9.75. The van der Waals surface area contributed by atoms with E-state index in [1.165, 1.54) is 44.6 Å². The largest absolute Gasteiger partial charge is 0.460 e. The molecule has 2 aliphatic heterocycles. The highest BCUT2D eigenvalue weighted by Crippen LogP contribution is 2.22. The van der Waals surface area contributed by atoms with E-state index < -0.39 is 5.41 Å². The van der Waals surface area contributed by atoms with Gasteiger partial charge in [-0.1, -0.05) is 12.1 Å². The van der Waals surface area contributed by atoms with E-state index >= 15 is 0 Å². The van der Waals surface area contributed by atoms with Gasteiger partial charge < -0.3 is 15.0 Å². The maximum Gasteiger partial charge on any atom is 0.311 e. The fourth-order valence-electron chi connectivity index (χ4n) is 3.97. The summed E-state index contributed by atoms with van der Waals surface area (Å²) in [6.45, 7) is 14.0. The summed E-state index contributed by atoms with van der Waals surface area (Å²) in [7, 11) is 0. The van der Waals surface area contributed by atoms with E-state index in [-0.39, 0.29) is 5.97 Å². The van der Waals surface area contributed by atoms with Crippen LogP contribution in [0.25, 0.3) is 0 Å². The van der Waals surface area contributed by atoms with Gasteiger partial charge in [0.05, 0.1) is 5.41 Å². The third-order valence-corrected chi connectivity index (χ3v) is 5.94. The molecule has 5 heteroatoms. The molecule has 0 bridgehead atoms. The maximum absolute atomic E-state index is 12.0. The summed E-state index contributed by atoms with van der Waals surface area (Å²) in [6, 6.07) is 8.44. The Balaban J connectivity index is 1.44. The number of hydrogen-bond donors (Lipinski definition) is 1. The summed E-state index contributed by atoms with van der Waals surface area (Å²) in [4.78, 5) is 17.1. The normalized spacial score (nSPS) is 19.6. The molecule has 0 aromatic heterocycles. The Hall–Kier alpha value is -1.59. The molecule has 0 unspecified atom stereocenters. The van der Waals surface area contributed by atoms with Crippen LogP contribution in [0.4, 0.5) is 5.69 Å². The Kier molecular flexibility index (Phi) is 7.36. The monoisotopic (exact) mass is 387 g/mol. The number of nitrogens with zero attached hydrogens (tertiary/aromatic N) is 2. The zero-order valence-electron chi connectivity index (χ0n) is 17.9. The standard InChI is InChI=1S/C23H37N3O2/c1-23(2,3)22(27)28-18-20-5-4-6-21(17-20)26-15-13-25(14-16-26)12-9-19-7-10-24-11-8-19/h4-6,17,19,24H,7-16,18H2,1-3H3. The van der Waals surface area contributed by atoms with Gasteiger partial charge in [0.1, 0.15) is 6.61 Å². The van der Waals surface area contributed by atoms with Gasteiger partial charge in [0.25, 0.3) is 0 Å². The molecule has 2 saturated heterocycles. The number of anilines is 1. The molecule has 2 heterocycles. The van der Waals surface area contributed by atoms with Gasteiger partial charge in [-0.15, -0.1) is 0 Å². The van der Waals surface area contributed by atoms with Gasteiger partial charge in [-0.3, -0.25) is 9.69 Å². The number of benzene rings is 1. The van der Waals surface area contributed by atoms with E-state index in [4.69, 9.17) is 4.74 Å². The molecule has 0 amide bonds. The molecule has 1 aromatic carbocycles. The second-order valence-corrected chi connectivity index (χ2v) is 9.31. The predicted octanol–water partition coefficient (Wildman–Crippen LogP) is 3.29. The van der Waals surface area contributed by atoms with Crippen molar-refractivity contribution in [2.75, 3.05) is 50.7 Å². The van der Waals surface area contributed by atoms with E-state index in [0.29, 0.717) is 6.61 Å². The van der Waals surface area contributed by atoms with Crippen LogP contribution >= 0.6 is 0 Å². The van der Waals surface area contributed by atoms with Gasteiger partial charge in [0.15, 0.2) is 0 Å². The van der Waals surface area contributed by atoms with Crippen LogP contribution in [-0.2, 0) is 16.1 Å². The van der Waals surface area contributed by atoms with Crippen LogP contribution in [0.3, 0.4) is 0 Å². The highest BCUT2D eigenvalue weighted by molar-refractivity contribution is 5.75. The lowest BCUT2D eigenvalue weighted by Gasteiger charge is -2.37. The minimum atomic E-state index is -0.456. The molecule has 0 saturated carbocycles. The lowest BCUT2D eigenvalue weighted by Crippen LogP contribution is -2.47. The number of carbonyl (C=O) groups excluding carboxylic acids is 1. The van der Waals surface area contributed by atoms with Crippen molar-refractivity contribution >= 4 is 11.7 Å². The molecule has 156 valence electrons. The van der Waals surface area contributed by atoms with Crippen molar-refractivity contribution in [3.63, 3.8) is 0 Å². The Morgan fingerprint density at radius 3 is 2.54 bits per heavy atom. The van der Waals surface area contributed by atoms with Crippen molar-refractivity contribution in [3.8, 4) is 0 Å². The number of nitrogens with one attached hydrogen (secondary N) is 1. The number of piperazine rings is 1. The molecule has 5 nitrogen and oxygen atoms in total. The summed E-state index contributed by atoms with van der Waals surface area (Å²) in [5, 5.41) is 3.46. The molecule has 0 spiro atoms. The number of ether oxygens (including phenoxy) is 1. The summed E-state index contributed by atoms with van der Waals surface area (Å²) in [5.74, 6) is 0.757. The molecule has 1 N–H and O–H groups in total. The Morgan fingerprint density at radius 1 is 1.14 bits per heavy atom. The molecular weight excluding hydrogens is 350 g/mol. The van der Waals surface area contributed by atoms with Gasteiger partial charge in [-0.05, 0) is 83.3 Å². The van der Waals surface area contributed by atoms with Crippen LogP contribution in [0.1, 0.15) is 45.6 Å². The van der Waals surface area contributed by atoms with Gasteiger partial charge in [0.2, 0.25) is 0 Å². The van der Waals surface area contributed by atoms with E-state index in [1.807, 2.05) is 26.8 Å². The lowest BCUT2D eigenvalue weighted by molar-refractivity contribution is -0.154. The second-order valence-electron chi connectivity index (χ2n) is 9.31. The van der Waals surface area contributed by atoms with Crippen molar-refractivity contribution in [1.29, 1.82) is 0 Å². The molecule has 0 radical (unpaired) electrons. The molecule has 28 heavy (non-hydrogen) atoms. The van der Waals surface area contributed by atoms with Crippen molar-refractivity contribution in [2.24, 2.45) is 11.3 Å². The predicted molar refractivity (Wildman–Crippen MR) is 115 cm³/mol. The highest BCUT2D eigenvalue weighted by atomic mass is 16.5. The van der Waals surface area contributed by atoms with Gasteiger partial charge in [0, 0.05) is 31.9 Å². The highest BCUT2D eigenvalue weighted by Gasteiger charge is 2.23. The van der Waals surface area contributed by atoms with Gasteiger partial charge in [-0.25, -0.2) is 0 Å². The summed E-state index contributed by atoms with van der Waals surface area (Å²) in [6.07, 6.45) is 4.02. The Labute approximate surface area is 170 Å². The number of esters is 1. The summed E-state index contributed by atoms with van der Waals surface area (Å²) >= 11 is 0. The SMILES string of the molecule is CC(C)(C)C(=O)OCc1cccc(N2CCN(CCC3CCNCC3)CC2)c1. The Morgan fingerprint density at radius 2 is 1.86 bits per heavy atom. The first-order chi connectivity index (χ1) is 13.4. The van der Waals surface area contributed by atoms with Crippen molar-refractivity contribution < 1.29 is 9.53 Å². The minimum Gasteiger partial charge on any atom is -0.460 e. The number of carbonyl (C=O) groups is 1. The van der Waals surface area contributed by atoms with E-state index in [1.54, 1.807) is 0 Å². The van der Waals surface area contributed by atoms with Crippen LogP contribution in [0, 0.1) is 11.3 Å². The zero-order chi connectivity index (χ0) is 20.0. The van der Waals surface area contributed by atoms with Crippen molar-refractivity contribution in [1.82, 2.24) is 10.2 Å². The quantitative estimate of drug-likeness (QED) is 0.759. The van der Waals surface area contributed by atoms with Gasteiger partial charge in [-0.2, -0.15) is 0 Å². The topological polar surface area (TPSA) is 44.8 Å². The third-order valence-electron chi connectivity index (χ3n) is 5.94. The molecule has 2 fully saturated rings. The number of hydrogen-bond acceptors (Lipinski definition) is 5. The number of rotatable bonds is 6. The fraction of sp³-hybridized carbons (Fsp3) is 0.696. The first-order valence-electron chi connectivity index (χ1n) is 10.9. The average Bonchev–Trinajstić information content (AvgIpc) is 2.71. The average molecular weight is 388 g/mol. The molecule has 1 aromatic rings. The van der Waals surface area contributed by atoms with E-state index in [0.717, 1.165) is 37.7 Å². The van der Waals surface area contributed by atoms with Crippen LogP contribution in [-0.4, -0.2) is 56.7 Å². The first-order valence-corrected chi connectivity index (χ1v) is 10.9. The molecule has 0 atom stereocenters. The molecule has 2 aliphatic rings. The number of piperidine rings is 1. The minimum absolute atomic E-state index is 0.153. The zero-order valence-corrected chi connectivity index (χ0v) is 17.9. The van der Waals surface area contributed by atoms with Crippen LogP contribution in [0.15, 0.2) is 24.3 Å². The molecule has 3 rings (SSSR count). The van der Waals surface area contributed by atoms with Gasteiger partial charge >= 0.3 is 5.97 Å². The van der Waals surface area contributed by atoms with E-state index in [2.05, 4.69) is 33.3 Å². The maximum atomic E-state index is 12.0.